The van der Waals surface area contributed by atoms with E-state index in [0.717, 1.165) is 35.6 Å². The van der Waals surface area contributed by atoms with Crippen molar-refractivity contribution >= 4 is 17.4 Å². The zero-order valence-corrected chi connectivity index (χ0v) is 16.9. The molecular weight excluding hydrogens is 378 g/mol. The summed E-state index contributed by atoms with van der Waals surface area (Å²) in [5, 5.41) is 3.32. The zero-order chi connectivity index (χ0) is 20.5. The Hall–Kier alpha value is -3.54. The molecule has 1 amide bonds. The molecule has 1 aromatic heterocycles. The highest BCUT2D eigenvalue weighted by atomic mass is 16.7. The summed E-state index contributed by atoms with van der Waals surface area (Å²) < 4.78 is 10.8. The lowest BCUT2D eigenvalue weighted by Crippen LogP contribution is -2.36. The van der Waals surface area contributed by atoms with Crippen LogP contribution in [-0.4, -0.2) is 24.2 Å². The zero-order valence-electron chi connectivity index (χ0n) is 16.9. The molecule has 0 fully saturated rings. The van der Waals surface area contributed by atoms with Gasteiger partial charge in [0.15, 0.2) is 11.5 Å². The molecule has 0 spiro atoms. The molecule has 6 nitrogen and oxygen atoms in total. The molecule has 2 aliphatic rings. The van der Waals surface area contributed by atoms with Gasteiger partial charge in [-0.05, 0) is 61.2 Å². The molecule has 0 atom stereocenters. The number of hydrogen-bond donors (Lipinski definition) is 1. The molecule has 3 heterocycles. The van der Waals surface area contributed by atoms with Crippen LogP contribution in [0.5, 0.6) is 11.5 Å². The number of nitrogens with one attached hydrogen (secondary N) is 1. The van der Waals surface area contributed by atoms with Gasteiger partial charge in [-0.15, -0.1) is 0 Å². The van der Waals surface area contributed by atoms with Gasteiger partial charge in [0.2, 0.25) is 6.79 Å². The van der Waals surface area contributed by atoms with Gasteiger partial charge in [-0.25, -0.2) is 4.98 Å². The first-order valence-corrected chi connectivity index (χ1v) is 10.2. The van der Waals surface area contributed by atoms with Crippen LogP contribution in [0.2, 0.25) is 0 Å². The number of benzene rings is 2. The van der Waals surface area contributed by atoms with E-state index in [4.69, 9.17) is 9.47 Å². The van der Waals surface area contributed by atoms with E-state index in [0.29, 0.717) is 24.5 Å². The number of pyridine rings is 1. The number of aryl methyl sites for hydroxylation is 2. The third kappa shape index (κ3) is 3.45. The van der Waals surface area contributed by atoms with Crippen LogP contribution in [0.25, 0.3) is 0 Å². The molecule has 5 rings (SSSR count). The van der Waals surface area contributed by atoms with Crippen molar-refractivity contribution < 1.29 is 14.3 Å². The van der Waals surface area contributed by atoms with E-state index in [-0.39, 0.29) is 12.7 Å². The van der Waals surface area contributed by atoms with Gasteiger partial charge < -0.3 is 19.7 Å². The van der Waals surface area contributed by atoms with Crippen LogP contribution in [0.15, 0.2) is 54.7 Å². The smallest absolute Gasteiger partial charge is 0.262 e. The van der Waals surface area contributed by atoms with Crippen LogP contribution in [0.4, 0.5) is 11.5 Å². The summed E-state index contributed by atoms with van der Waals surface area (Å²) in [6.45, 7) is 3.58. The first-order valence-electron chi connectivity index (χ1n) is 10.2. The Labute approximate surface area is 175 Å². The number of hydrogen-bond acceptors (Lipinski definition) is 5. The Bertz CT molecular complexity index is 1110. The molecule has 2 aromatic carbocycles. The summed E-state index contributed by atoms with van der Waals surface area (Å²) in [4.78, 5) is 19.8. The number of fused-ring (bicyclic) bond motifs is 2. The summed E-state index contributed by atoms with van der Waals surface area (Å²) in [7, 11) is 0. The summed E-state index contributed by atoms with van der Waals surface area (Å²) >= 11 is 0. The summed E-state index contributed by atoms with van der Waals surface area (Å²) in [6, 6.07) is 15.8. The topological polar surface area (TPSA) is 63.7 Å². The maximum atomic E-state index is 13.4. The summed E-state index contributed by atoms with van der Waals surface area (Å²) in [6.07, 6.45) is 3.66. The largest absolute Gasteiger partial charge is 0.454 e. The molecule has 3 aromatic rings. The van der Waals surface area contributed by atoms with Gasteiger partial charge >= 0.3 is 0 Å². The Morgan fingerprint density at radius 2 is 2.03 bits per heavy atom. The molecular formula is C24H23N3O3. The minimum atomic E-state index is -0.0268. The fraction of sp³-hybridized carbons (Fsp3) is 0.250. The fourth-order valence-corrected chi connectivity index (χ4v) is 4.04. The molecule has 0 bridgehead atoms. The van der Waals surface area contributed by atoms with Crippen LogP contribution < -0.4 is 19.7 Å². The van der Waals surface area contributed by atoms with E-state index in [9.17, 15) is 4.79 Å². The molecule has 6 heteroatoms. The standard InChI is InChI=1S/C24H23N3O3/c1-16-6-8-20-18(12-16)4-3-11-27(20)24(28)19-5-2-10-25-23(19)26-14-17-7-9-21-22(13-17)30-15-29-21/h2,5-10,12-13H,3-4,11,14-15H2,1H3,(H,25,26). The van der Waals surface area contributed by atoms with Gasteiger partial charge in [0.05, 0.1) is 5.56 Å². The molecule has 0 radical (unpaired) electrons. The molecule has 0 aliphatic carbocycles. The van der Waals surface area contributed by atoms with Crippen molar-refractivity contribution in [2.75, 3.05) is 23.6 Å². The van der Waals surface area contributed by atoms with Crippen LogP contribution in [0, 0.1) is 6.92 Å². The van der Waals surface area contributed by atoms with E-state index in [1.165, 1.54) is 11.1 Å². The van der Waals surface area contributed by atoms with Crippen molar-refractivity contribution in [2.45, 2.75) is 26.3 Å². The number of anilines is 2. The SMILES string of the molecule is Cc1ccc2c(c1)CCCN2C(=O)c1cccnc1NCc1ccc2c(c1)OCO2. The molecule has 0 saturated carbocycles. The van der Waals surface area contributed by atoms with E-state index in [2.05, 4.69) is 35.4 Å². The van der Waals surface area contributed by atoms with Crippen LogP contribution in [-0.2, 0) is 13.0 Å². The lowest BCUT2D eigenvalue weighted by atomic mass is 9.99. The highest BCUT2D eigenvalue weighted by Gasteiger charge is 2.25. The van der Waals surface area contributed by atoms with Gasteiger partial charge in [-0.3, -0.25) is 4.79 Å². The highest BCUT2D eigenvalue weighted by Crippen LogP contribution is 2.33. The first-order chi connectivity index (χ1) is 14.7. The Morgan fingerprint density at radius 3 is 2.97 bits per heavy atom. The average molecular weight is 401 g/mol. The van der Waals surface area contributed by atoms with Gasteiger partial charge in [0.25, 0.3) is 5.91 Å². The second-order valence-corrected chi connectivity index (χ2v) is 7.63. The van der Waals surface area contributed by atoms with Crippen LogP contribution >= 0.6 is 0 Å². The van der Waals surface area contributed by atoms with Crippen molar-refractivity contribution in [3.8, 4) is 11.5 Å². The summed E-state index contributed by atoms with van der Waals surface area (Å²) in [5.74, 6) is 2.05. The second-order valence-electron chi connectivity index (χ2n) is 7.63. The summed E-state index contributed by atoms with van der Waals surface area (Å²) in [5.41, 5.74) is 5.06. The minimum absolute atomic E-state index is 0.0268. The Kier molecular flexibility index (Phi) is 4.75. The highest BCUT2D eigenvalue weighted by molar-refractivity contribution is 6.09. The number of aromatic nitrogens is 1. The van der Waals surface area contributed by atoms with Crippen molar-refractivity contribution in [1.82, 2.24) is 4.98 Å². The molecule has 152 valence electrons. The van der Waals surface area contributed by atoms with E-state index in [1.54, 1.807) is 12.3 Å². The molecule has 2 aliphatic heterocycles. The monoisotopic (exact) mass is 401 g/mol. The number of amides is 1. The molecule has 1 N–H and O–H groups in total. The number of ether oxygens (including phenoxy) is 2. The van der Waals surface area contributed by atoms with Crippen LogP contribution in [0.3, 0.4) is 0 Å². The van der Waals surface area contributed by atoms with Crippen LogP contribution in [0.1, 0.15) is 33.5 Å². The third-order valence-electron chi connectivity index (χ3n) is 5.53. The van der Waals surface area contributed by atoms with E-state index < -0.39 is 0 Å². The van der Waals surface area contributed by atoms with Gasteiger partial charge in [-0.1, -0.05) is 23.8 Å². The number of carbonyl (C=O) groups excluding carboxylic acids is 1. The van der Waals surface area contributed by atoms with Crippen molar-refractivity contribution in [1.29, 1.82) is 0 Å². The predicted molar refractivity (Wildman–Crippen MR) is 115 cm³/mol. The lowest BCUT2D eigenvalue weighted by Gasteiger charge is -2.30. The van der Waals surface area contributed by atoms with Gasteiger partial charge in [0.1, 0.15) is 5.82 Å². The van der Waals surface area contributed by atoms with E-state index in [1.807, 2.05) is 29.2 Å². The van der Waals surface area contributed by atoms with E-state index >= 15 is 0 Å². The van der Waals surface area contributed by atoms with Crippen molar-refractivity contribution in [3.63, 3.8) is 0 Å². The normalized spacial score (nSPS) is 14.4. The van der Waals surface area contributed by atoms with Gasteiger partial charge in [0, 0.05) is 25.0 Å². The van der Waals surface area contributed by atoms with Gasteiger partial charge in [-0.2, -0.15) is 0 Å². The number of nitrogens with zero attached hydrogens (tertiary/aromatic N) is 2. The third-order valence-corrected chi connectivity index (χ3v) is 5.53. The molecule has 0 saturated heterocycles. The predicted octanol–water partition coefficient (Wildman–Crippen LogP) is 4.32. The maximum absolute atomic E-state index is 13.4. The molecule has 30 heavy (non-hydrogen) atoms. The fourth-order valence-electron chi connectivity index (χ4n) is 4.04. The van der Waals surface area contributed by atoms with Crippen molar-refractivity contribution in [3.05, 3.63) is 77.0 Å². The lowest BCUT2D eigenvalue weighted by molar-refractivity contribution is 0.0985. The average Bonchev–Trinajstić information content (AvgIpc) is 3.25. The second kappa shape index (κ2) is 7.71. The number of carbonyl (C=O) groups is 1. The maximum Gasteiger partial charge on any atom is 0.262 e. The van der Waals surface area contributed by atoms with Crippen molar-refractivity contribution in [2.24, 2.45) is 0 Å². The molecule has 0 unspecified atom stereocenters. The Balaban J connectivity index is 1.38. The minimum Gasteiger partial charge on any atom is -0.454 e. The quantitative estimate of drug-likeness (QED) is 0.705. The Morgan fingerprint density at radius 1 is 1.13 bits per heavy atom. The first kappa shape index (κ1) is 18.5. The number of rotatable bonds is 4.